The molecule has 0 radical (unpaired) electrons. The second-order valence-corrected chi connectivity index (χ2v) is 4.01. The number of pyridine rings is 1. The Hall–Kier alpha value is -2.50. The number of carbonyl (C=O) groups is 1. The highest BCUT2D eigenvalue weighted by molar-refractivity contribution is 6.02. The van der Waals surface area contributed by atoms with Gasteiger partial charge in [0, 0.05) is 12.7 Å². The van der Waals surface area contributed by atoms with Crippen molar-refractivity contribution in [2.75, 3.05) is 17.2 Å². The molecule has 1 amide bonds. The molecule has 0 aliphatic carbocycles. The number of nitrogens with zero attached hydrogens (tertiary/aromatic N) is 3. The van der Waals surface area contributed by atoms with Gasteiger partial charge < -0.3 is 10.6 Å². The van der Waals surface area contributed by atoms with Crippen molar-refractivity contribution >= 4 is 17.5 Å². The molecule has 2 heterocycles. The Kier molecular flexibility index (Phi) is 4.02. The monoisotopic (exact) mass is 257 g/mol. The van der Waals surface area contributed by atoms with Crippen molar-refractivity contribution in [2.24, 2.45) is 0 Å². The fraction of sp³-hybridized carbons (Fsp3) is 0.231. The van der Waals surface area contributed by atoms with E-state index in [1.54, 1.807) is 24.4 Å². The molecular weight excluding hydrogens is 242 g/mol. The van der Waals surface area contributed by atoms with Gasteiger partial charge in [-0.05, 0) is 43.7 Å². The lowest BCUT2D eigenvalue weighted by Gasteiger charge is -2.05. The first-order chi connectivity index (χ1) is 9.19. The molecular formula is C13H15N5O. The maximum Gasteiger partial charge on any atom is 0.277 e. The lowest BCUT2D eigenvalue weighted by Crippen LogP contribution is -2.15. The summed E-state index contributed by atoms with van der Waals surface area (Å²) in [7, 11) is 0. The normalized spacial score (nSPS) is 10.0. The molecule has 0 atom stereocenters. The van der Waals surface area contributed by atoms with E-state index in [2.05, 4.69) is 25.8 Å². The lowest BCUT2D eigenvalue weighted by atomic mass is 10.3. The smallest absolute Gasteiger partial charge is 0.277 e. The molecule has 0 aliphatic heterocycles. The maximum absolute atomic E-state index is 11.9. The summed E-state index contributed by atoms with van der Waals surface area (Å²) < 4.78 is 0. The van der Waals surface area contributed by atoms with Crippen molar-refractivity contribution in [1.82, 2.24) is 15.2 Å². The first-order valence-corrected chi connectivity index (χ1v) is 6.00. The molecule has 2 aromatic heterocycles. The molecule has 2 aromatic rings. The Balaban J connectivity index is 2.07. The Morgan fingerprint density at radius 1 is 1.21 bits per heavy atom. The molecule has 0 spiro atoms. The topological polar surface area (TPSA) is 79.8 Å². The number of aryl methyl sites for hydroxylation is 1. The maximum atomic E-state index is 11.9. The highest BCUT2D eigenvalue weighted by atomic mass is 16.2. The largest absolute Gasteiger partial charge is 0.369 e. The van der Waals surface area contributed by atoms with Crippen LogP contribution in [0.1, 0.15) is 23.0 Å². The van der Waals surface area contributed by atoms with E-state index in [-0.39, 0.29) is 11.6 Å². The molecule has 6 heteroatoms. The van der Waals surface area contributed by atoms with E-state index < -0.39 is 0 Å². The van der Waals surface area contributed by atoms with Gasteiger partial charge in [-0.25, -0.2) is 4.98 Å². The summed E-state index contributed by atoms with van der Waals surface area (Å²) in [6.45, 7) is 4.65. The lowest BCUT2D eigenvalue weighted by molar-refractivity contribution is 0.102. The third kappa shape index (κ3) is 3.48. The first-order valence-electron chi connectivity index (χ1n) is 6.00. The van der Waals surface area contributed by atoms with Gasteiger partial charge in [-0.15, -0.1) is 10.2 Å². The van der Waals surface area contributed by atoms with Gasteiger partial charge in [0.15, 0.2) is 5.69 Å². The van der Waals surface area contributed by atoms with Gasteiger partial charge in [0.2, 0.25) is 0 Å². The molecule has 6 nitrogen and oxygen atoms in total. The summed E-state index contributed by atoms with van der Waals surface area (Å²) in [5.74, 6) is 0.823. The molecule has 0 aliphatic rings. The first kappa shape index (κ1) is 12.9. The van der Waals surface area contributed by atoms with Crippen molar-refractivity contribution in [3.63, 3.8) is 0 Å². The summed E-state index contributed by atoms with van der Waals surface area (Å²) in [6.07, 6.45) is 1.64. The van der Waals surface area contributed by atoms with E-state index >= 15 is 0 Å². The van der Waals surface area contributed by atoms with Gasteiger partial charge in [0.05, 0.1) is 0 Å². The third-order valence-corrected chi connectivity index (χ3v) is 2.41. The Bertz CT molecular complexity index is 568. The number of rotatable bonds is 4. The number of aromatic nitrogens is 3. The molecule has 2 rings (SSSR count). The molecule has 19 heavy (non-hydrogen) atoms. The number of amides is 1. The van der Waals surface area contributed by atoms with Crippen LogP contribution in [0.25, 0.3) is 0 Å². The van der Waals surface area contributed by atoms with Crippen molar-refractivity contribution in [3.05, 3.63) is 41.7 Å². The predicted octanol–water partition coefficient (Wildman–Crippen LogP) is 1.86. The summed E-state index contributed by atoms with van der Waals surface area (Å²) in [5, 5.41) is 13.5. The van der Waals surface area contributed by atoms with Gasteiger partial charge in [0.1, 0.15) is 11.6 Å². The van der Waals surface area contributed by atoms with E-state index in [4.69, 9.17) is 0 Å². The van der Waals surface area contributed by atoms with E-state index in [1.807, 2.05) is 19.9 Å². The summed E-state index contributed by atoms with van der Waals surface area (Å²) in [5.41, 5.74) is 1.28. The van der Waals surface area contributed by atoms with Crippen LogP contribution in [0.2, 0.25) is 0 Å². The fourth-order valence-electron chi connectivity index (χ4n) is 1.51. The zero-order valence-corrected chi connectivity index (χ0v) is 10.8. The van der Waals surface area contributed by atoms with Crippen molar-refractivity contribution < 1.29 is 4.79 Å². The minimum Gasteiger partial charge on any atom is -0.369 e. The second-order valence-electron chi connectivity index (χ2n) is 4.01. The molecule has 0 saturated heterocycles. The minimum absolute atomic E-state index is 0.255. The average Bonchev–Trinajstić information content (AvgIpc) is 2.40. The van der Waals surface area contributed by atoms with Crippen LogP contribution in [-0.2, 0) is 0 Å². The summed E-state index contributed by atoms with van der Waals surface area (Å²) in [6, 6.07) is 6.99. The van der Waals surface area contributed by atoms with Crippen LogP contribution in [0.4, 0.5) is 11.6 Å². The molecule has 0 saturated carbocycles. The minimum atomic E-state index is -0.325. The van der Waals surface area contributed by atoms with Crippen molar-refractivity contribution in [3.8, 4) is 0 Å². The molecule has 0 fully saturated rings. The number of anilines is 2. The fourth-order valence-corrected chi connectivity index (χ4v) is 1.51. The van der Waals surface area contributed by atoms with Gasteiger partial charge in [-0.3, -0.25) is 4.79 Å². The van der Waals surface area contributed by atoms with Gasteiger partial charge in [-0.1, -0.05) is 0 Å². The van der Waals surface area contributed by atoms with E-state index in [9.17, 15) is 4.79 Å². The number of carbonyl (C=O) groups excluding carboxylic acids is 1. The highest BCUT2D eigenvalue weighted by Crippen LogP contribution is 2.08. The summed E-state index contributed by atoms with van der Waals surface area (Å²) >= 11 is 0. The number of nitrogens with one attached hydrogen (secondary N) is 2. The molecule has 2 N–H and O–H groups in total. The van der Waals surface area contributed by atoms with E-state index in [0.29, 0.717) is 11.6 Å². The zero-order chi connectivity index (χ0) is 13.7. The molecule has 0 bridgehead atoms. The summed E-state index contributed by atoms with van der Waals surface area (Å²) in [4.78, 5) is 16.0. The number of hydrogen-bond acceptors (Lipinski definition) is 5. The van der Waals surface area contributed by atoms with Crippen molar-refractivity contribution in [1.29, 1.82) is 0 Å². The number of hydrogen-bond donors (Lipinski definition) is 2. The molecule has 98 valence electrons. The van der Waals surface area contributed by atoms with Crippen LogP contribution in [0.15, 0.2) is 30.5 Å². The van der Waals surface area contributed by atoms with Crippen LogP contribution in [0, 0.1) is 6.92 Å². The molecule has 0 unspecified atom stereocenters. The van der Waals surface area contributed by atoms with Crippen LogP contribution < -0.4 is 10.6 Å². The van der Waals surface area contributed by atoms with Crippen molar-refractivity contribution in [2.45, 2.75) is 13.8 Å². The van der Waals surface area contributed by atoms with Crippen LogP contribution in [0.5, 0.6) is 0 Å². The van der Waals surface area contributed by atoms with Gasteiger partial charge >= 0.3 is 0 Å². The van der Waals surface area contributed by atoms with Gasteiger partial charge in [-0.2, -0.15) is 0 Å². The predicted molar refractivity (Wildman–Crippen MR) is 73.1 cm³/mol. The molecule has 0 aromatic carbocycles. The average molecular weight is 257 g/mol. The van der Waals surface area contributed by atoms with Crippen LogP contribution in [-0.4, -0.2) is 27.6 Å². The zero-order valence-electron chi connectivity index (χ0n) is 10.8. The Labute approximate surface area is 111 Å². The van der Waals surface area contributed by atoms with E-state index in [1.165, 1.54) is 0 Å². The third-order valence-electron chi connectivity index (χ3n) is 2.41. The van der Waals surface area contributed by atoms with Crippen LogP contribution in [0.3, 0.4) is 0 Å². The van der Waals surface area contributed by atoms with Crippen LogP contribution >= 0.6 is 0 Å². The highest BCUT2D eigenvalue weighted by Gasteiger charge is 2.09. The quantitative estimate of drug-likeness (QED) is 0.874. The Morgan fingerprint density at radius 3 is 2.68 bits per heavy atom. The van der Waals surface area contributed by atoms with Gasteiger partial charge in [0.25, 0.3) is 5.91 Å². The van der Waals surface area contributed by atoms with E-state index in [0.717, 1.165) is 12.1 Å². The standard InChI is InChI=1S/C13H15N5O/c1-3-14-11-5-4-10(17-18-11)13(19)16-12-8-9(2)6-7-15-12/h4-8H,3H2,1-2H3,(H,14,18)(H,15,16,19). The second kappa shape index (κ2) is 5.90. The SMILES string of the molecule is CCNc1ccc(C(=O)Nc2cc(C)ccn2)nn1. The Morgan fingerprint density at radius 2 is 2.05 bits per heavy atom.